The summed E-state index contributed by atoms with van der Waals surface area (Å²) in [6.07, 6.45) is -0.320. The molecule has 0 aromatic carbocycles. The monoisotopic (exact) mass is 268 g/mol. The van der Waals surface area contributed by atoms with Gasteiger partial charge in [-0.2, -0.15) is 5.10 Å². The third kappa shape index (κ3) is 2.13. The number of aliphatic hydroxyl groups is 3. The molecular weight excluding hydrogens is 252 g/mol. The van der Waals surface area contributed by atoms with E-state index in [4.69, 9.17) is 9.84 Å². The second-order valence-corrected chi connectivity index (χ2v) is 4.58. The summed E-state index contributed by atoms with van der Waals surface area (Å²) < 4.78 is 6.85. The van der Waals surface area contributed by atoms with Crippen molar-refractivity contribution < 1.29 is 20.1 Å². The summed E-state index contributed by atoms with van der Waals surface area (Å²) in [5.41, 5.74) is 7.55. The average Bonchev–Trinajstić information content (AvgIpc) is 3.12. The SMILES string of the molecule is OCC1OC(n2ccc(C3=CNNC3)n2)C(O)C1O. The number of rotatable bonds is 3. The topological polar surface area (TPSA) is 112 Å². The van der Waals surface area contributed by atoms with Gasteiger partial charge in [0.15, 0.2) is 6.23 Å². The van der Waals surface area contributed by atoms with E-state index in [9.17, 15) is 10.2 Å². The third-order valence-corrected chi connectivity index (χ3v) is 3.34. The number of nitrogens with one attached hydrogen (secondary N) is 2. The van der Waals surface area contributed by atoms with E-state index in [1.165, 1.54) is 4.68 Å². The van der Waals surface area contributed by atoms with E-state index in [0.717, 1.165) is 11.3 Å². The van der Waals surface area contributed by atoms with Crippen LogP contribution in [0.4, 0.5) is 0 Å². The van der Waals surface area contributed by atoms with Gasteiger partial charge < -0.3 is 25.5 Å². The molecule has 3 rings (SSSR count). The van der Waals surface area contributed by atoms with E-state index in [-0.39, 0.29) is 6.61 Å². The molecule has 0 saturated carbocycles. The quantitative estimate of drug-likeness (QED) is 0.429. The van der Waals surface area contributed by atoms with Crippen LogP contribution >= 0.6 is 0 Å². The maximum Gasteiger partial charge on any atom is 0.179 e. The molecule has 2 aliphatic heterocycles. The number of hydrogen-bond acceptors (Lipinski definition) is 7. The number of hydrogen-bond donors (Lipinski definition) is 5. The van der Waals surface area contributed by atoms with Crippen molar-refractivity contribution in [2.75, 3.05) is 13.2 Å². The van der Waals surface area contributed by atoms with E-state index in [0.29, 0.717) is 6.54 Å². The lowest BCUT2D eigenvalue weighted by Crippen LogP contribution is -2.33. The Morgan fingerprint density at radius 2 is 2.26 bits per heavy atom. The lowest BCUT2D eigenvalue weighted by molar-refractivity contribution is -0.0586. The van der Waals surface area contributed by atoms with Gasteiger partial charge in [-0.25, -0.2) is 10.1 Å². The molecule has 3 heterocycles. The molecule has 8 nitrogen and oxygen atoms in total. The average molecular weight is 268 g/mol. The number of ether oxygens (including phenoxy) is 1. The van der Waals surface area contributed by atoms with E-state index in [1.807, 2.05) is 6.20 Å². The molecule has 0 bridgehead atoms. The summed E-state index contributed by atoms with van der Waals surface area (Å²) in [7, 11) is 0. The van der Waals surface area contributed by atoms with E-state index >= 15 is 0 Å². The van der Waals surface area contributed by atoms with Crippen molar-refractivity contribution in [3.63, 3.8) is 0 Å². The van der Waals surface area contributed by atoms with E-state index in [1.54, 1.807) is 12.3 Å². The van der Waals surface area contributed by atoms with Crippen molar-refractivity contribution in [2.24, 2.45) is 0 Å². The van der Waals surface area contributed by atoms with Gasteiger partial charge in [0, 0.05) is 24.5 Å². The zero-order chi connectivity index (χ0) is 13.4. The van der Waals surface area contributed by atoms with Gasteiger partial charge in [0.2, 0.25) is 0 Å². The molecule has 0 radical (unpaired) electrons. The first-order valence-electron chi connectivity index (χ1n) is 6.06. The molecule has 0 amide bonds. The van der Waals surface area contributed by atoms with Gasteiger partial charge in [-0.05, 0) is 6.07 Å². The summed E-state index contributed by atoms with van der Waals surface area (Å²) in [5, 5.41) is 33.0. The first-order valence-corrected chi connectivity index (χ1v) is 6.06. The lowest BCUT2D eigenvalue weighted by atomic mass is 10.1. The standard InChI is InChI=1S/C11H16N4O4/c16-5-8-9(17)10(18)11(19-8)15-2-1-7(14-15)6-3-12-13-4-6/h1-3,8-13,16-18H,4-5H2. The maximum atomic E-state index is 9.90. The Kier molecular flexibility index (Phi) is 3.25. The smallest absolute Gasteiger partial charge is 0.179 e. The van der Waals surface area contributed by atoms with Crippen LogP contribution in [-0.4, -0.2) is 56.6 Å². The minimum atomic E-state index is -1.11. The second kappa shape index (κ2) is 4.91. The van der Waals surface area contributed by atoms with Crippen LogP contribution in [0.3, 0.4) is 0 Å². The van der Waals surface area contributed by atoms with Crippen LogP contribution in [0.2, 0.25) is 0 Å². The molecule has 8 heteroatoms. The molecule has 2 aliphatic rings. The fourth-order valence-electron chi connectivity index (χ4n) is 2.25. The molecule has 0 aliphatic carbocycles. The molecule has 1 aromatic heterocycles. The molecule has 1 fully saturated rings. The first kappa shape index (κ1) is 12.6. The van der Waals surface area contributed by atoms with Crippen molar-refractivity contribution in [2.45, 2.75) is 24.5 Å². The van der Waals surface area contributed by atoms with Crippen molar-refractivity contribution in [1.29, 1.82) is 0 Å². The van der Waals surface area contributed by atoms with Gasteiger partial charge in [-0.15, -0.1) is 0 Å². The predicted molar refractivity (Wildman–Crippen MR) is 64.4 cm³/mol. The van der Waals surface area contributed by atoms with Crippen LogP contribution < -0.4 is 10.9 Å². The van der Waals surface area contributed by atoms with Gasteiger partial charge in [0.1, 0.15) is 18.3 Å². The third-order valence-electron chi connectivity index (χ3n) is 3.34. The largest absolute Gasteiger partial charge is 0.394 e. The Hall–Kier alpha value is -1.45. The molecule has 1 saturated heterocycles. The molecular formula is C11H16N4O4. The minimum Gasteiger partial charge on any atom is -0.394 e. The van der Waals surface area contributed by atoms with Crippen molar-refractivity contribution in [1.82, 2.24) is 20.6 Å². The van der Waals surface area contributed by atoms with Crippen LogP contribution in [0.1, 0.15) is 11.9 Å². The number of aliphatic hydroxyl groups excluding tert-OH is 3. The van der Waals surface area contributed by atoms with E-state index < -0.39 is 24.5 Å². The molecule has 19 heavy (non-hydrogen) atoms. The van der Waals surface area contributed by atoms with Crippen molar-refractivity contribution >= 4 is 5.57 Å². The Bertz CT molecular complexity index is 489. The van der Waals surface area contributed by atoms with Crippen molar-refractivity contribution in [3.8, 4) is 0 Å². The van der Waals surface area contributed by atoms with Gasteiger partial charge in [-0.1, -0.05) is 0 Å². The van der Waals surface area contributed by atoms with Gasteiger partial charge in [-0.3, -0.25) is 0 Å². The Labute approximate surface area is 109 Å². The van der Waals surface area contributed by atoms with Crippen LogP contribution in [-0.2, 0) is 4.74 Å². The lowest BCUT2D eigenvalue weighted by Gasteiger charge is -2.14. The summed E-state index contributed by atoms with van der Waals surface area (Å²) in [6, 6.07) is 1.80. The van der Waals surface area contributed by atoms with Crippen LogP contribution in [0.25, 0.3) is 5.57 Å². The summed E-state index contributed by atoms with van der Waals surface area (Å²) in [5.74, 6) is 0. The highest BCUT2D eigenvalue weighted by Gasteiger charge is 2.43. The summed E-state index contributed by atoms with van der Waals surface area (Å²) in [4.78, 5) is 0. The molecule has 0 spiro atoms. The molecule has 1 aromatic rings. The fourth-order valence-corrected chi connectivity index (χ4v) is 2.25. The van der Waals surface area contributed by atoms with Crippen LogP contribution in [0.5, 0.6) is 0 Å². The highest BCUT2D eigenvalue weighted by atomic mass is 16.6. The highest BCUT2D eigenvalue weighted by Crippen LogP contribution is 2.29. The Balaban J connectivity index is 1.79. The normalized spacial score (nSPS) is 34.4. The zero-order valence-corrected chi connectivity index (χ0v) is 10.1. The Morgan fingerprint density at radius 1 is 1.42 bits per heavy atom. The Morgan fingerprint density at radius 3 is 2.89 bits per heavy atom. The van der Waals surface area contributed by atoms with E-state index in [2.05, 4.69) is 16.0 Å². The maximum absolute atomic E-state index is 9.90. The van der Waals surface area contributed by atoms with Crippen molar-refractivity contribution in [3.05, 3.63) is 24.2 Å². The fraction of sp³-hybridized carbons (Fsp3) is 0.545. The van der Waals surface area contributed by atoms with Gasteiger partial charge in [0.25, 0.3) is 0 Å². The predicted octanol–water partition coefficient (Wildman–Crippen LogP) is -2.06. The summed E-state index contributed by atoms with van der Waals surface area (Å²) in [6.45, 7) is 0.314. The summed E-state index contributed by atoms with van der Waals surface area (Å²) >= 11 is 0. The highest BCUT2D eigenvalue weighted by molar-refractivity contribution is 5.64. The van der Waals surface area contributed by atoms with Gasteiger partial charge >= 0.3 is 0 Å². The van der Waals surface area contributed by atoms with Crippen LogP contribution in [0.15, 0.2) is 18.5 Å². The number of hydrazine groups is 1. The molecule has 4 unspecified atom stereocenters. The molecule has 104 valence electrons. The second-order valence-electron chi connectivity index (χ2n) is 4.58. The van der Waals surface area contributed by atoms with Crippen LogP contribution in [0, 0.1) is 0 Å². The minimum absolute atomic E-state index is 0.345. The number of nitrogens with zero attached hydrogens (tertiary/aromatic N) is 2. The number of aromatic nitrogens is 2. The zero-order valence-electron chi connectivity index (χ0n) is 10.1. The van der Waals surface area contributed by atoms with Gasteiger partial charge in [0.05, 0.1) is 12.3 Å². The first-order chi connectivity index (χ1) is 9.20. The molecule has 5 N–H and O–H groups in total. The molecule has 4 atom stereocenters.